The van der Waals surface area contributed by atoms with Gasteiger partial charge in [0.15, 0.2) is 0 Å². The lowest BCUT2D eigenvalue weighted by Gasteiger charge is -2.21. The highest BCUT2D eigenvalue weighted by molar-refractivity contribution is 6.29. The zero-order chi connectivity index (χ0) is 13.7. The van der Waals surface area contributed by atoms with Gasteiger partial charge in [0.1, 0.15) is 11.0 Å². The molecule has 1 N–H and O–H groups in total. The van der Waals surface area contributed by atoms with Crippen molar-refractivity contribution in [1.82, 2.24) is 4.98 Å². The molecule has 0 fully saturated rings. The zero-order valence-electron chi connectivity index (χ0n) is 11.3. The van der Waals surface area contributed by atoms with Crippen LogP contribution in [0.5, 0.6) is 0 Å². The molecule has 1 aromatic carbocycles. The highest BCUT2D eigenvalue weighted by Crippen LogP contribution is 2.25. The average Bonchev–Trinajstić information content (AvgIpc) is 2.38. The van der Waals surface area contributed by atoms with E-state index in [-0.39, 0.29) is 6.04 Å². The van der Waals surface area contributed by atoms with Crippen molar-refractivity contribution in [3.63, 3.8) is 0 Å². The van der Waals surface area contributed by atoms with Crippen LogP contribution in [0.2, 0.25) is 5.15 Å². The molecule has 2 aromatic rings. The van der Waals surface area contributed by atoms with Crippen LogP contribution in [0, 0.1) is 5.92 Å². The molecule has 0 aliphatic carbocycles. The van der Waals surface area contributed by atoms with Crippen molar-refractivity contribution >= 4 is 17.4 Å². The van der Waals surface area contributed by atoms with Crippen molar-refractivity contribution in [3.05, 3.63) is 59.2 Å². The van der Waals surface area contributed by atoms with Crippen LogP contribution in [-0.4, -0.2) is 4.98 Å². The number of hydrogen-bond acceptors (Lipinski definition) is 2. The lowest BCUT2D eigenvalue weighted by atomic mass is 9.97. The lowest BCUT2D eigenvalue weighted by Crippen LogP contribution is -2.14. The number of pyridine rings is 1. The normalized spacial score (nSPS) is 12.4. The molecule has 1 atom stereocenters. The quantitative estimate of drug-likeness (QED) is 0.782. The Balaban J connectivity index is 2.19. The number of aromatic nitrogens is 1. The first kappa shape index (κ1) is 13.9. The van der Waals surface area contributed by atoms with Crippen molar-refractivity contribution in [2.45, 2.75) is 26.3 Å². The van der Waals surface area contributed by atoms with E-state index in [1.165, 1.54) is 5.56 Å². The van der Waals surface area contributed by atoms with Crippen LogP contribution in [0.4, 0.5) is 5.82 Å². The van der Waals surface area contributed by atoms with Gasteiger partial charge in [-0.2, -0.15) is 0 Å². The number of halogens is 1. The number of anilines is 1. The minimum atomic E-state index is 0.257. The minimum absolute atomic E-state index is 0.257. The Morgan fingerprint density at radius 3 is 2.42 bits per heavy atom. The molecule has 0 saturated heterocycles. The lowest BCUT2D eigenvalue weighted by molar-refractivity contribution is 0.530. The summed E-state index contributed by atoms with van der Waals surface area (Å²) in [5.74, 6) is 1.43. The van der Waals surface area contributed by atoms with Gasteiger partial charge in [0.2, 0.25) is 0 Å². The number of rotatable bonds is 5. The molecule has 1 unspecified atom stereocenters. The second kappa shape index (κ2) is 6.58. The molecule has 1 aromatic heterocycles. The molecule has 0 aliphatic heterocycles. The summed E-state index contributed by atoms with van der Waals surface area (Å²) >= 11 is 5.93. The third-order valence-electron chi connectivity index (χ3n) is 2.95. The highest BCUT2D eigenvalue weighted by atomic mass is 35.5. The largest absolute Gasteiger partial charge is 0.363 e. The minimum Gasteiger partial charge on any atom is -0.363 e. The molecular weight excluding hydrogens is 256 g/mol. The number of benzene rings is 1. The third-order valence-corrected chi connectivity index (χ3v) is 3.16. The van der Waals surface area contributed by atoms with Crippen LogP contribution in [0.25, 0.3) is 0 Å². The van der Waals surface area contributed by atoms with Crippen molar-refractivity contribution in [3.8, 4) is 0 Å². The predicted molar refractivity (Wildman–Crippen MR) is 81.5 cm³/mol. The second-order valence-corrected chi connectivity index (χ2v) is 5.47. The van der Waals surface area contributed by atoms with Crippen molar-refractivity contribution in [2.24, 2.45) is 5.92 Å². The number of nitrogens with zero attached hydrogens (tertiary/aromatic N) is 1. The summed E-state index contributed by atoms with van der Waals surface area (Å²) in [6.45, 7) is 4.45. The van der Waals surface area contributed by atoms with Crippen LogP contribution in [0.1, 0.15) is 31.9 Å². The van der Waals surface area contributed by atoms with Crippen LogP contribution < -0.4 is 5.32 Å². The van der Waals surface area contributed by atoms with Crippen LogP contribution in [0.15, 0.2) is 48.5 Å². The molecule has 100 valence electrons. The predicted octanol–water partition coefficient (Wildman–Crippen LogP) is 4.93. The molecule has 0 saturated carbocycles. The van der Waals surface area contributed by atoms with E-state index in [9.17, 15) is 0 Å². The SMILES string of the molecule is CC(C)CC(Nc1cccc(Cl)n1)c1ccccc1. The van der Waals surface area contributed by atoms with E-state index in [0.29, 0.717) is 11.1 Å². The van der Waals surface area contributed by atoms with Crippen LogP contribution >= 0.6 is 11.6 Å². The maximum absolute atomic E-state index is 5.93. The zero-order valence-corrected chi connectivity index (χ0v) is 12.1. The summed E-state index contributed by atoms with van der Waals surface area (Å²) in [6, 6.07) is 16.4. The fourth-order valence-corrected chi connectivity index (χ4v) is 2.27. The summed E-state index contributed by atoms with van der Waals surface area (Å²) in [5.41, 5.74) is 1.28. The van der Waals surface area contributed by atoms with Gasteiger partial charge >= 0.3 is 0 Å². The summed E-state index contributed by atoms with van der Waals surface area (Å²) in [7, 11) is 0. The summed E-state index contributed by atoms with van der Waals surface area (Å²) in [6.07, 6.45) is 1.05. The first-order chi connectivity index (χ1) is 9.15. The molecule has 2 nitrogen and oxygen atoms in total. The van der Waals surface area contributed by atoms with Gasteiger partial charge in [-0.05, 0) is 30.0 Å². The van der Waals surface area contributed by atoms with Gasteiger partial charge in [-0.25, -0.2) is 4.98 Å². The van der Waals surface area contributed by atoms with E-state index in [0.717, 1.165) is 12.2 Å². The van der Waals surface area contributed by atoms with Crippen LogP contribution in [-0.2, 0) is 0 Å². The van der Waals surface area contributed by atoms with E-state index in [1.54, 1.807) is 6.07 Å². The first-order valence-corrected chi connectivity index (χ1v) is 6.97. The highest BCUT2D eigenvalue weighted by Gasteiger charge is 2.13. The van der Waals surface area contributed by atoms with E-state index in [4.69, 9.17) is 11.6 Å². The number of hydrogen-bond donors (Lipinski definition) is 1. The maximum atomic E-state index is 5.93. The van der Waals surface area contributed by atoms with Crippen molar-refractivity contribution < 1.29 is 0 Å². The van der Waals surface area contributed by atoms with Gasteiger partial charge in [-0.15, -0.1) is 0 Å². The Kier molecular flexibility index (Phi) is 4.80. The molecule has 0 bridgehead atoms. The van der Waals surface area contributed by atoms with E-state index in [1.807, 2.05) is 18.2 Å². The summed E-state index contributed by atoms with van der Waals surface area (Å²) < 4.78 is 0. The average molecular weight is 275 g/mol. The summed E-state index contributed by atoms with van der Waals surface area (Å²) in [4.78, 5) is 4.30. The van der Waals surface area contributed by atoms with Gasteiger partial charge in [-0.3, -0.25) is 0 Å². The van der Waals surface area contributed by atoms with Crippen molar-refractivity contribution in [2.75, 3.05) is 5.32 Å². The third kappa shape index (κ3) is 4.25. The molecule has 0 aliphatic rings. The second-order valence-electron chi connectivity index (χ2n) is 5.08. The van der Waals surface area contributed by atoms with E-state index >= 15 is 0 Å². The Morgan fingerprint density at radius 2 is 1.79 bits per heavy atom. The smallest absolute Gasteiger partial charge is 0.131 e. The van der Waals surface area contributed by atoms with Gasteiger partial charge < -0.3 is 5.32 Å². The van der Waals surface area contributed by atoms with Gasteiger partial charge in [0.05, 0.1) is 6.04 Å². The Bertz CT molecular complexity index is 511. The molecule has 19 heavy (non-hydrogen) atoms. The molecular formula is C16H19ClN2. The first-order valence-electron chi connectivity index (χ1n) is 6.59. The van der Waals surface area contributed by atoms with Crippen LogP contribution in [0.3, 0.4) is 0 Å². The van der Waals surface area contributed by atoms with Gasteiger partial charge in [0, 0.05) is 0 Å². The molecule has 2 rings (SSSR count). The fraction of sp³-hybridized carbons (Fsp3) is 0.312. The molecule has 0 amide bonds. The summed E-state index contributed by atoms with van der Waals surface area (Å²) in [5, 5.41) is 3.99. The Hall–Kier alpha value is -1.54. The molecule has 0 radical (unpaired) electrons. The van der Waals surface area contributed by atoms with Crippen molar-refractivity contribution in [1.29, 1.82) is 0 Å². The Labute approximate surface area is 119 Å². The fourth-order valence-electron chi connectivity index (χ4n) is 2.10. The Morgan fingerprint density at radius 1 is 1.05 bits per heavy atom. The topological polar surface area (TPSA) is 24.9 Å². The van der Waals surface area contributed by atoms with Gasteiger partial charge in [-0.1, -0.05) is 61.8 Å². The molecule has 0 spiro atoms. The van der Waals surface area contributed by atoms with E-state index < -0.39 is 0 Å². The standard InChI is InChI=1S/C16H19ClN2/c1-12(2)11-14(13-7-4-3-5-8-13)18-16-10-6-9-15(17)19-16/h3-10,12,14H,11H2,1-2H3,(H,18,19). The maximum Gasteiger partial charge on any atom is 0.131 e. The molecule has 3 heteroatoms. The van der Waals surface area contributed by atoms with E-state index in [2.05, 4.69) is 48.4 Å². The van der Waals surface area contributed by atoms with Gasteiger partial charge in [0.25, 0.3) is 0 Å². The monoisotopic (exact) mass is 274 g/mol. The number of nitrogens with one attached hydrogen (secondary N) is 1. The molecule has 1 heterocycles.